The highest BCUT2D eigenvalue weighted by Crippen LogP contribution is 2.37. The lowest BCUT2D eigenvalue weighted by Crippen LogP contribution is -2.29. The Kier molecular flexibility index (Phi) is 5.32. The quantitative estimate of drug-likeness (QED) is 0.729. The second kappa shape index (κ2) is 8.03. The summed E-state index contributed by atoms with van der Waals surface area (Å²) in [7, 11) is 2.19. The summed E-state index contributed by atoms with van der Waals surface area (Å²) in [6.07, 6.45) is 6.74. The Balaban J connectivity index is 1.69. The summed E-state index contributed by atoms with van der Waals surface area (Å²) in [6, 6.07) is 14.4. The average molecular weight is 361 g/mol. The standard InChI is InChI=1S/C22H27N5/c1-27-13-9-18(10-14-27)21-20(17-7-11-24-12-8-17)22(26-25-21)19(23)15-16-5-3-2-4-6-16/h2-8,11-12,18-19H,9-10,13-15,23H2,1H3,(H,25,26)/t19-/m0/s1. The van der Waals surface area contributed by atoms with E-state index in [4.69, 9.17) is 10.8 Å². The van der Waals surface area contributed by atoms with Crippen LogP contribution in [0.25, 0.3) is 11.1 Å². The van der Waals surface area contributed by atoms with Crippen molar-refractivity contribution in [3.8, 4) is 11.1 Å². The van der Waals surface area contributed by atoms with E-state index in [1.54, 1.807) is 0 Å². The molecule has 2 aromatic heterocycles. The Morgan fingerprint density at radius 2 is 1.81 bits per heavy atom. The van der Waals surface area contributed by atoms with Gasteiger partial charge in [0, 0.05) is 29.6 Å². The van der Waals surface area contributed by atoms with E-state index >= 15 is 0 Å². The van der Waals surface area contributed by atoms with Gasteiger partial charge in [-0.05, 0) is 62.7 Å². The lowest BCUT2D eigenvalue weighted by molar-refractivity contribution is 0.253. The highest BCUT2D eigenvalue weighted by Gasteiger charge is 2.27. The van der Waals surface area contributed by atoms with Gasteiger partial charge in [-0.2, -0.15) is 5.10 Å². The minimum Gasteiger partial charge on any atom is -0.322 e. The van der Waals surface area contributed by atoms with E-state index in [0.29, 0.717) is 5.92 Å². The third-order valence-corrected chi connectivity index (χ3v) is 5.57. The largest absolute Gasteiger partial charge is 0.322 e. The van der Waals surface area contributed by atoms with E-state index in [1.165, 1.54) is 16.8 Å². The van der Waals surface area contributed by atoms with E-state index in [1.807, 2.05) is 18.5 Å². The smallest absolute Gasteiger partial charge is 0.0873 e. The fraction of sp³-hybridized carbons (Fsp3) is 0.364. The number of hydrogen-bond donors (Lipinski definition) is 2. The van der Waals surface area contributed by atoms with E-state index in [0.717, 1.165) is 43.6 Å². The number of nitrogens with zero attached hydrogens (tertiary/aromatic N) is 3. The number of benzene rings is 1. The molecule has 0 amide bonds. The summed E-state index contributed by atoms with van der Waals surface area (Å²) < 4.78 is 0. The van der Waals surface area contributed by atoms with Crippen molar-refractivity contribution >= 4 is 0 Å². The van der Waals surface area contributed by atoms with Gasteiger partial charge in [-0.25, -0.2) is 0 Å². The van der Waals surface area contributed by atoms with Crippen LogP contribution in [0, 0.1) is 0 Å². The zero-order valence-corrected chi connectivity index (χ0v) is 15.8. The molecule has 5 heteroatoms. The van der Waals surface area contributed by atoms with Crippen molar-refractivity contribution < 1.29 is 0 Å². The number of aromatic amines is 1. The third-order valence-electron chi connectivity index (χ3n) is 5.57. The first-order valence-corrected chi connectivity index (χ1v) is 9.69. The molecule has 3 N–H and O–H groups in total. The first-order chi connectivity index (χ1) is 13.2. The number of likely N-dealkylation sites (tertiary alicyclic amines) is 1. The minimum absolute atomic E-state index is 0.146. The molecule has 5 nitrogen and oxygen atoms in total. The second-order valence-electron chi connectivity index (χ2n) is 7.51. The molecule has 0 saturated carbocycles. The molecule has 1 aliphatic heterocycles. The minimum atomic E-state index is -0.146. The van der Waals surface area contributed by atoms with Crippen LogP contribution >= 0.6 is 0 Å². The molecule has 0 radical (unpaired) electrons. The summed E-state index contributed by atoms with van der Waals surface area (Å²) in [6.45, 7) is 2.23. The van der Waals surface area contributed by atoms with Gasteiger partial charge in [-0.3, -0.25) is 10.1 Å². The van der Waals surface area contributed by atoms with Gasteiger partial charge < -0.3 is 10.6 Å². The summed E-state index contributed by atoms with van der Waals surface area (Å²) in [5.74, 6) is 0.495. The Bertz CT molecular complexity index is 851. The van der Waals surface area contributed by atoms with Gasteiger partial charge in [0.05, 0.1) is 11.7 Å². The number of nitrogens with two attached hydrogens (primary N) is 1. The monoisotopic (exact) mass is 361 g/mol. The number of H-pyrrole nitrogens is 1. The molecular formula is C22H27N5. The highest BCUT2D eigenvalue weighted by molar-refractivity contribution is 5.69. The predicted octanol–water partition coefficient (Wildman–Crippen LogP) is 3.52. The van der Waals surface area contributed by atoms with Gasteiger partial charge in [0.25, 0.3) is 0 Å². The van der Waals surface area contributed by atoms with Crippen LogP contribution in [0.2, 0.25) is 0 Å². The molecule has 3 aromatic rings. The molecule has 1 atom stereocenters. The van der Waals surface area contributed by atoms with Gasteiger partial charge in [0.2, 0.25) is 0 Å². The van der Waals surface area contributed by atoms with Crippen molar-refractivity contribution in [2.75, 3.05) is 20.1 Å². The topological polar surface area (TPSA) is 70.8 Å². The van der Waals surface area contributed by atoms with Gasteiger partial charge in [0.1, 0.15) is 0 Å². The normalized spacial score (nSPS) is 17.1. The van der Waals surface area contributed by atoms with Crippen LogP contribution in [0.15, 0.2) is 54.9 Å². The molecule has 4 rings (SSSR count). The molecule has 0 aliphatic carbocycles. The van der Waals surface area contributed by atoms with E-state index in [2.05, 4.69) is 58.4 Å². The maximum Gasteiger partial charge on any atom is 0.0873 e. The Hall–Kier alpha value is -2.50. The highest BCUT2D eigenvalue weighted by atomic mass is 15.1. The van der Waals surface area contributed by atoms with E-state index < -0.39 is 0 Å². The van der Waals surface area contributed by atoms with Crippen molar-refractivity contribution in [3.63, 3.8) is 0 Å². The number of nitrogens with one attached hydrogen (secondary N) is 1. The van der Waals surface area contributed by atoms with Crippen molar-refractivity contribution in [2.45, 2.75) is 31.2 Å². The first-order valence-electron chi connectivity index (χ1n) is 9.69. The predicted molar refractivity (Wildman–Crippen MR) is 108 cm³/mol. The number of hydrogen-bond acceptors (Lipinski definition) is 4. The van der Waals surface area contributed by atoms with Crippen LogP contribution in [-0.2, 0) is 6.42 Å². The van der Waals surface area contributed by atoms with Gasteiger partial charge in [-0.15, -0.1) is 0 Å². The summed E-state index contributed by atoms with van der Waals surface area (Å²) in [5.41, 5.74) is 12.4. The third kappa shape index (κ3) is 3.94. The molecule has 0 bridgehead atoms. The van der Waals surface area contributed by atoms with Gasteiger partial charge >= 0.3 is 0 Å². The maximum absolute atomic E-state index is 6.62. The molecule has 140 valence electrons. The van der Waals surface area contributed by atoms with Crippen LogP contribution < -0.4 is 5.73 Å². The Morgan fingerprint density at radius 1 is 1.11 bits per heavy atom. The van der Waals surface area contributed by atoms with Crippen LogP contribution in [0.4, 0.5) is 0 Å². The van der Waals surface area contributed by atoms with Crippen molar-refractivity contribution in [2.24, 2.45) is 5.73 Å². The number of rotatable bonds is 5. The molecular weight excluding hydrogens is 334 g/mol. The summed E-state index contributed by atoms with van der Waals surface area (Å²) in [4.78, 5) is 6.57. The SMILES string of the molecule is CN1CCC(c2[nH]nc([C@@H](N)Cc3ccccc3)c2-c2ccncc2)CC1. The van der Waals surface area contributed by atoms with Crippen molar-refractivity contribution in [1.29, 1.82) is 0 Å². The van der Waals surface area contributed by atoms with Crippen LogP contribution in [0.3, 0.4) is 0 Å². The van der Waals surface area contributed by atoms with E-state index in [9.17, 15) is 0 Å². The fourth-order valence-corrected chi connectivity index (χ4v) is 4.02. The zero-order chi connectivity index (χ0) is 18.6. The van der Waals surface area contributed by atoms with Gasteiger partial charge in [-0.1, -0.05) is 30.3 Å². The van der Waals surface area contributed by atoms with Crippen LogP contribution in [0.1, 0.15) is 41.8 Å². The molecule has 3 heterocycles. The molecule has 1 aromatic carbocycles. The maximum atomic E-state index is 6.62. The summed E-state index contributed by atoms with van der Waals surface area (Å²) >= 11 is 0. The van der Waals surface area contributed by atoms with Crippen LogP contribution in [-0.4, -0.2) is 40.2 Å². The molecule has 1 aliphatic rings. The second-order valence-corrected chi connectivity index (χ2v) is 7.51. The number of aromatic nitrogens is 3. The molecule has 1 saturated heterocycles. The fourth-order valence-electron chi connectivity index (χ4n) is 4.02. The lowest BCUT2D eigenvalue weighted by Gasteiger charge is -2.29. The van der Waals surface area contributed by atoms with Crippen molar-refractivity contribution in [3.05, 3.63) is 71.8 Å². The first kappa shape index (κ1) is 17.9. The molecule has 0 spiro atoms. The number of pyridine rings is 1. The number of piperidine rings is 1. The molecule has 0 unspecified atom stereocenters. The van der Waals surface area contributed by atoms with Gasteiger partial charge in [0.15, 0.2) is 0 Å². The molecule has 27 heavy (non-hydrogen) atoms. The zero-order valence-electron chi connectivity index (χ0n) is 15.8. The average Bonchev–Trinajstić information content (AvgIpc) is 3.15. The Morgan fingerprint density at radius 3 is 2.52 bits per heavy atom. The summed E-state index contributed by atoms with van der Waals surface area (Å²) in [5, 5.41) is 8.05. The Labute approximate surface area is 160 Å². The van der Waals surface area contributed by atoms with E-state index in [-0.39, 0.29) is 6.04 Å². The van der Waals surface area contributed by atoms with Crippen molar-refractivity contribution in [1.82, 2.24) is 20.1 Å². The van der Waals surface area contributed by atoms with Crippen LogP contribution in [0.5, 0.6) is 0 Å². The lowest BCUT2D eigenvalue weighted by atomic mass is 9.87. The molecule has 1 fully saturated rings.